The highest BCUT2D eigenvalue weighted by Gasteiger charge is 2.29. The van der Waals surface area contributed by atoms with Gasteiger partial charge in [-0.25, -0.2) is 0 Å². The van der Waals surface area contributed by atoms with Gasteiger partial charge in [-0.2, -0.15) is 0 Å². The summed E-state index contributed by atoms with van der Waals surface area (Å²) in [5, 5.41) is 0. The standard InChI is InChI=1S/C14H23N3/c1-9-5-10(2)16-11(3)14(9)8-17(4)13-6-12(15)7-13/h5,12-13H,6-8,15H2,1-4H3. The lowest BCUT2D eigenvalue weighted by Crippen LogP contribution is -2.48. The van der Waals surface area contributed by atoms with Crippen molar-refractivity contribution in [3.63, 3.8) is 0 Å². The molecule has 0 aromatic carbocycles. The number of nitrogens with zero attached hydrogens (tertiary/aromatic N) is 2. The van der Waals surface area contributed by atoms with Crippen molar-refractivity contribution in [3.05, 3.63) is 28.6 Å². The lowest BCUT2D eigenvalue weighted by Gasteiger charge is -2.39. The van der Waals surface area contributed by atoms with Crippen LogP contribution in [0, 0.1) is 20.8 Å². The molecule has 0 atom stereocenters. The molecule has 1 heterocycles. The molecular weight excluding hydrogens is 210 g/mol. The summed E-state index contributed by atoms with van der Waals surface area (Å²) in [5.74, 6) is 0. The van der Waals surface area contributed by atoms with Crippen LogP contribution in [0.3, 0.4) is 0 Å². The van der Waals surface area contributed by atoms with E-state index in [9.17, 15) is 0 Å². The molecule has 1 saturated carbocycles. The van der Waals surface area contributed by atoms with Crippen molar-refractivity contribution in [1.29, 1.82) is 0 Å². The van der Waals surface area contributed by atoms with E-state index >= 15 is 0 Å². The first-order chi connectivity index (χ1) is 7.97. The summed E-state index contributed by atoms with van der Waals surface area (Å²) < 4.78 is 0. The minimum Gasteiger partial charge on any atom is -0.328 e. The Balaban J connectivity index is 2.08. The number of aromatic nitrogens is 1. The van der Waals surface area contributed by atoms with Gasteiger partial charge in [0.2, 0.25) is 0 Å². The number of hydrogen-bond acceptors (Lipinski definition) is 3. The minimum atomic E-state index is 0.417. The van der Waals surface area contributed by atoms with Gasteiger partial charge in [0.25, 0.3) is 0 Å². The van der Waals surface area contributed by atoms with E-state index in [2.05, 4.69) is 43.8 Å². The monoisotopic (exact) mass is 233 g/mol. The molecule has 1 aromatic heterocycles. The summed E-state index contributed by atoms with van der Waals surface area (Å²) in [5.41, 5.74) is 10.8. The molecule has 2 N–H and O–H groups in total. The molecule has 94 valence electrons. The Bertz CT molecular complexity index is 385. The molecule has 3 heteroatoms. The zero-order chi connectivity index (χ0) is 12.6. The lowest BCUT2D eigenvalue weighted by molar-refractivity contribution is 0.132. The Hall–Kier alpha value is -0.930. The highest BCUT2D eigenvalue weighted by molar-refractivity contribution is 5.30. The van der Waals surface area contributed by atoms with Gasteiger partial charge in [-0.05, 0) is 57.9 Å². The average molecular weight is 233 g/mol. The van der Waals surface area contributed by atoms with Gasteiger partial charge in [-0.3, -0.25) is 9.88 Å². The third kappa shape index (κ3) is 2.67. The summed E-state index contributed by atoms with van der Waals surface area (Å²) >= 11 is 0. The molecule has 1 aliphatic rings. The number of aryl methyl sites for hydroxylation is 3. The molecule has 0 amide bonds. The summed E-state index contributed by atoms with van der Waals surface area (Å²) in [7, 11) is 2.19. The fourth-order valence-electron chi connectivity index (χ4n) is 2.66. The summed E-state index contributed by atoms with van der Waals surface area (Å²) in [6.45, 7) is 7.33. The Kier molecular flexibility index (Phi) is 3.50. The third-order valence-corrected chi connectivity index (χ3v) is 3.86. The van der Waals surface area contributed by atoms with Crippen LogP contribution >= 0.6 is 0 Å². The smallest absolute Gasteiger partial charge is 0.0423 e. The zero-order valence-corrected chi connectivity index (χ0v) is 11.3. The number of pyridine rings is 1. The Morgan fingerprint density at radius 3 is 2.53 bits per heavy atom. The highest BCUT2D eigenvalue weighted by Crippen LogP contribution is 2.25. The van der Waals surface area contributed by atoms with Crippen LogP contribution < -0.4 is 5.73 Å². The second kappa shape index (κ2) is 4.75. The van der Waals surface area contributed by atoms with Crippen LogP contribution in [0.4, 0.5) is 0 Å². The van der Waals surface area contributed by atoms with Crippen molar-refractivity contribution >= 4 is 0 Å². The van der Waals surface area contributed by atoms with Crippen molar-refractivity contribution in [3.8, 4) is 0 Å². The first-order valence-corrected chi connectivity index (χ1v) is 6.37. The maximum absolute atomic E-state index is 5.84. The molecule has 1 aromatic rings. The lowest BCUT2D eigenvalue weighted by atomic mass is 9.86. The molecule has 0 radical (unpaired) electrons. The Labute approximate surface area is 104 Å². The maximum Gasteiger partial charge on any atom is 0.0423 e. The van der Waals surface area contributed by atoms with Crippen LogP contribution in [-0.2, 0) is 6.54 Å². The first kappa shape index (κ1) is 12.5. The number of hydrogen-bond donors (Lipinski definition) is 1. The van der Waals surface area contributed by atoms with Crippen molar-refractivity contribution in [1.82, 2.24) is 9.88 Å². The third-order valence-electron chi connectivity index (χ3n) is 3.86. The average Bonchev–Trinajstić information content (AvgIpc) is 2.18. The Morgan fingerprint density at radius 1 is 1.35 bits per heavy atom. The molecule has 17 heavy (non-hydrogen) atoms. The number of rotatable bonds is 3. The molecule has 0 bridgehead atoms. The highest BCUT2D eigenvalue weighted by atomic mass is 15.1. The van der Waals surface area contributed by atoms with E-state index in [4.69, 9.17) is 5.73 Å². The molecule has 2 rings (SSSR count). The van der Waals surface area contributed by atoms with E-state index in [1.807, 2.05) is 0 Å². The predicted octanol–water partition coefficient (Wildman–Crippen LogP) is 1.93. The predicted molar refractivity (Wildman–Crippen MR) is 70.9 cm³/mol. The molecule has 3 nitrogen and oxygen atoms in total. The van der Waals surface area contributed by atoms with Crippen molar-refractivity contribution in [2.75, 3.05) is 7.05 Å². The molecule has 0 aliphatic heterocycles. The van der Waals surface area contributed by atoms with Gasteiger partial charge in [0.05, 0.1) is 0 Å². The maximum atomic E-state index is 5.84. The molecular formula is C14H23N3. The second-order valence-corrected chi connectivity index (χ2v) is 5.44. The molecule has 0 spiro atoms. The van der Waals surface area contributed by atoms with E-state index in [1.54, 1.807) is 0 Å². The van der Waals surface area contributed by atoms with Gasteiger partial charge < -0.3 is 5.73 Å². The van der Waals surface area contributed by atoms with Gasteiger partial charge in [-0.15, -0.1) is 0 Å². The van der Waals surface area contributed by atoms with Crippen LogP contribution in [0.25, 0.3) is 0 Å². The fourth-order valence-corrected chi connectivity index (χ4v) is 2.66. The van der Waals surface area contributed by atoms with Gasteiger partial charge in [0.1, 0.15) is 0 Å². The zero-order valence-electron chi connectivity index (χ0n) is 11.3. The van der Waals surface area contributed by atoms with Gasteiger partial charge in [0.15, 0.2) is 0 Å². The normalized spacial score (nSPS) is 23.9. The van der Waals surface area contributed by atoms with Crippen LogP contribution in [0.15, 0.2) is 6.07 Å². The van der Waals surface area contributed by atoms with Crippen LogP contribution in [0.1, 0.15) is 35.4 Å². The first-order valence-electron chi connectivity index (χ1n) is 6.37. The summed E-state index contributed by atoms with van der Waals surface area (Å²) in [4.78, 5) is 6.97. The SMILES string of the molecule is Cc1cc(C)c(CN(C)C2CC(N)C2)c(C)n1. The van der Waals surface area contributed by atoms with Gasteiger partial charge in [-0.1, -0.05) is 0 Å². The summed E-state index contributed by atoms with van der Waals surface area (Å²) in [6, 6.07) is 3.24. The quantitative estimate of drug-likeness (QED) is 0.867. The van der Waals surface area contributed by atoms with E-state index in [-0.39, 0.29) is 0 Å². The van der Waals surface area contributed by atoms with Crippen molar-refractivity contribution in [2.45, 2.75) is 52.2 Å². The van der Waals surface area contributed by atoms with Gasteiger partial charge in [0, 0.05) is 30.0 Å². The molecule has 0 saturated heterocycles. The minimum absolute atomic E-state index is 0.417. The second-order valence-electron chi connectivity index (χ2n) is 5.44. The Morgan fingerprint density at radius 2 is 2.00 bits per heavy atom. The largest absolute Gasteiger partial charge is 0.328 e. The van der Waals surface area contributed by atoms with E-state index < -0.39 is 0 Å². The van der Waals surface area contributed by atoms with Crippen molar-refractivity contribution < 1.29 is 0 Å². The van der Waals surface area contributed by atoms with E-state index in [0.717, 1.165) is 30.8 Å². The molecule has 0 unspecified atom stereocenters. The van der Waals surface area contributed by atoms with E-state index in [1.165, 1.54) is 11.1 Å². The van der Waals surface area contributed by atoms with E-state index in [0.29, 0.717) is 12.1 Å². The molecule has 1 aliphatic carbocycles. The topological polar surface area (TPSA) is 42.1 Å². The summed E-state index contributed by atoms with van der Waals surface area (Å²) in [6.07, 6.45) is 2.27. The van der Waals surface area contributed by atoms with Crippen LogP contribution in [0.2, 0.25) is 0 Å². The number of nitrogens with two attached hydrogens (primary N) is 1. The van der Waals surface area contributed by atoms with Crippen molar-refractivity contribution in [2.24, 2.45) is 5.73 Å². The van der Waals surface area contributed by atoms with Crippen LogP contribution in [-0.4, -0.2) is 29.0 Å². The molecule has 1 fully saturated rings. The fraction of sp³-hybridized carbons (Fsp3) is 0.643. The van der Waals surface area contributed by atoms with Gasteiger partial charge >= 0.3 is 0 Å². The van der Waals surface area contributed by atoms with Crippen LogP contribution in [0.5, 0.6) is 0 Å².